The van der Waals surface area contributed by atoms with E-state index < -0.39 is 5.54 Å². The van der Waals surface area contributed by atoms with E-state index in [1.165, 1.54) is 12.1 Å². The van der Waals surface area contributed by atoms with Crippen LogP contribution in [0.5, 0.6) is 0 Å². The van der Waals surface area contributed by atoms with Crippen molar-refractivity contribution in [2.45, 2.75) is 31.7 Å². The van der Waals surface area contributed by atoms with Crippen molar-refractivity contribution in [3.63, 3.8) is 0 Å². The number of aryl methyl sites for hydroxylation is 1. The molecule has 0 spiro atoms. The maximum atomic E-state index is 13.3. The van der Waals surface area contributed by atoms with Gasteiger partial charge in [0.1, 0.15) is 5.82 Å². The minimum absolute atomic E-state index is 0.214. The highest BCUT2D eigenvalue weighted by atomic mass is 19.1. The Kier molecular flexibility index (Phi) is 5.36. The third kappa shape index (κ3) is 3.96. The van der Waals surface area contributed by atoms with E-state index in [-0.39, 0.29) is 17.6 Å². The molecule has 2 amide bonds. The van der Waals surface area contributed by atoms with Gasteiger partial charge >= 0.3 is 0 Å². The number of benzene rings is 3. The number of halogens is 1. The summed E-state index contributed by atoms with van der Waals surface area (Å²) < 4.78 is 13.3. The van der Waals surface area contributed by atoms with Crippen LogP contribution < -0.4 is 10.6 Å². The van der Waals surface area contributed by atoms with E-state index in [9.17, 15) is 14.0 Å². The lowest BCUT2D eigenvalue weighted by Crippen LogP contribution is -2.50. The molecule has 0 unspecified atom stereocenters. The van der Waals surface area contributed by atoms with Crippen molar-refractivity contribution < 1.29 is 14.0 Å². The normalized spacial score (nSPS) is 14.5. The number of carbonyl (C=O) groups is 2. The average molecular weight is 402 g/mol. The molecule has 0 atom stereocenters. The summed E-state index contributed by atoms with van der Waals surface area (Å²) in [5, 5.41) is 6.03. The molecule has 1 saturated carbocycles. The second kappa shape index (κ2) is 8.11. The van der Waals surface area contributed by atoms with E-state index in [1.807, 2.05) is 19.1 Å². The van der Waals surface area contributed by atoms with Crippen LogP contribution in [0.2, 0.25) is 0 Å². The molecule has 0 heterocycles. The Balaban J connectivity index is 1.54. The Labute approximate surface area is 175 Å². The van der Waals surface area contributed by atoms with Crippen molar-refractivity contribution in [1.82, 2.24) is 5.32 Å². The molecule has 4 nitrogen and oxygen atoms in total. The fourth-order valence-electron chi connectivity index (χ4n) is 3.76. The first-order valence-corrected chi connectivity index (χ1v) is 10.0. The molecular weight excluding hydrogens is 379 g/mol. The molecule has 1 aliphatic carbocycles. The lowest BCUT2D eigenvalue weighted by atomic mass is 9.71. The van der Waals surface area contributed by atoms with E-state index in [0.29, 0.717) is 16.8 Å². The highest BCUT2D eigenvalue weighted by Crippen LogP contribution is 2.41. The molecular formula is C25H23FN2O2. The van der Waals surface area contributed by atoms with Crippen molar-refractivity contribution in [2.24, 2.45) is 0 Å². The predicted octanol–water partition coefficient (Wildman–Crippen LogP) is 5.20. The van der Waals surface area contributed by atoms with Crippen molar-refractivity contribution in [1.29, 1.82) is 0 Å². The van der Waals surface area contributed by atoms with Gasteiger partial charge in [0.25, 0.3) is 11.8 Å². The van der Waals surface area contributed by atoms with E-state index in [4.69, 9.17) is 0 Å². The molecule has 3 aromatic carbocycles. The molecule has 1 fully saturated rings. The van der Waals surface area contributed by atoms with Gasteiger partial charge in [0.2, 0.25) is 0 Å². The van der Waals surface area contributed by atoms with Gasteiger partial charge in [-0.2, -0.15) is 0 Å². The van der Waals surface area contributed by atoms with Gasteiger partial charge in [-0.3, -0.25) is 9.59 Å². The number of nitrogens with one attached hydrogen (secondary N) is 2. The maximum absolute atomic E-state index is 13.3. The number of amides is 2. The molecule has 152 valence electrons. The summed E-state index contributed by atoms with van der Waals surface area (Å²) in [5.74, 6) is -0.732. The molecule has 0 radical (unpaired) electrons. The van der Waals surface area contributed by atoms with E-state index in [1.54, 1.807) is 48.5 Å². The Hall–Kier alpha value is -3.47. The molecule has 1 aliphatic rings. The van der Waals surface area contributed by atoms with Crippen LogP contribution in [0, 0.1) is 12.7 Å². The van der Waals surface area contributed by atoms with E-state index >= 15 is 0 Å². The van der Waals surface area contributed by atoms with E-state index in [2.05, 4.69) is 10.6 Å². The lowest BCUT2D eigenvalue weighted by molar-refractivity contribution is 0.0822. The smallest absolute Gasteiger partial charge is 0.255 e. The molecule has 30 heavy (non-hydrogen) atoms. The first-order chi connectivity index (χ1) is 14.5. The largest absolute Gasteiger partial charge is 0.343 e. The second-order valence-corrected chi connectivity index (χ2v) is 7.75. The number of carbonyl (C=O) groups excluding carboxylic acids is 2. The van der Waals surface area contributed by atoms with Crippen LogP contribution in [0.3, 0.4) is 0 Å². The summed E-state index contributed by atoms with van der Waals surface area (Å²) in [7, 11) is 0. The Morgan fingerprint density at radius 3 is 2.20 bits per heavy atom. The van der Waals surface area contributed by atoms with Crippen LogP contribution in [0.25, 0.3) is 0 Å². The Morgan fingerprint density at radius 1 is 0.867 bits per heavy atom. The summed E-state index contributed by atoms with van der Waals surface area (Å²) in [6.45, 7) is 1.88. The van der Waals surface area contributed by atoms with E-state index in [0.717, 1.165) is 30.4 Å². The van der Waals surface area contributed by atoms with Crippen LogP contribution in [-0.4, -0.2) is 11.8 Å². The summed E-state index contributed by atoms with van der Waals surface area (Å²) in [4.78, 5) is 25.5. The molecule has 3 aromatic rings. The quantitative estimate of drug-likeness (QED) is 0.617. The Bertz CT molecular complexity index is 1070. The fourth-order valence-corrected chi connectivity index (χ4v) is 3.76. The Morgan fingerprint density at radius 2 is 1.57 bits per heavy atom. The highest BCUT2D eigenvalue weighted by Gasteiger charge is 2.40. The molecule has 4 rings (SSSR count). The van der Waals surface area contributed by atoms with Gasteiger partial charge in [-0.15, -0.1) is 0 Å². The van der Waals surface area contributed by atoms with Crippen molar-refractivity contribution in [3.05, 3.63) is 101 Å². The molecule has 2 N–H and O–H groups in total. The number of rotatable bonds is 5. The molecule has 0 aromatic heterocycles. The van der Waals surface area contributed by atoms with Crippen molar-refractivity contribution in [2.75, 3.05) is 5.32 Å². The highest BCUT2D eigenvalue weighted by molar-refractivity contribution is 6.05. The van der Waals surface area contributed by atoms with Crippen LogP contribution in [-0.2, 0) is 5.54 Å². The zero-order chi connectivity index (χ0) is 21.1. The SMILES string of the molecule is Cc1ccc(C(=O)NC2(c3ccc(F)cc3)CCC2)cc1NC(=O)c1ccccc1. The third-order valence-electron chi connectivity index (χ3n) is 5.74. The first-order valence-electron chi connectivity index (χ1n) is 10.0. The summed E-state index contributed by atoms with van der Waals surface area (Å²) in [6, 6.07) is 20.5. The molecule has 0 bridgehead atoms. The topological polar surface area (TPSA) is 58.2 Å². The summed E-state index contributed by atoms with van der Waals surface area (Å²) in [6.07, 6.45) is 2.63. The van der Waals surface area contributed by atoms with Crippen LogP contribution in [0.1, 0.15) is 51.1 Å². The minimum atomic E-state index is -0.469. The van der Waals surface area contributed by atoms with Crippen molar-refractivity contribution >= 4 is 17.5 Å². The maximum Gasteiger partial charge on any atom is 0.255 e. The lowest BCUT2D eigenvalue weighted by Gasteiger charge is -2.43. The second-order valence-electron chi connectivity index (χ2n) is 7.75. The zero-order valence-electron chi connectivity index (χ0n) is 16.7. The van der Waals surface area contributed by atoms with Gasteiger partial charge in [0, 0.05) is 16.8 Å². The number of hydrogen-bond acceptors (Lipinski definition) is 2. The minimum Gasteiger partial charge on any atom is -0.343 e. The van der Waals surface area contributed by atoms with Gasteiger partial charge in [-0.05, 0) is 73.7 Å². The van der Waals surface area contributed by atoms with Crippen LogP contribution >= 0.6 is 0 Å². The van der Waals surface area contributed by atoms with Gasteiger partial charge in [0.05, 0.1) is 5.54 Å². The monoisotopic (exact) mass is 402 g/mol. The molecule has 0 saturated heterocycles. The van der Waals surface area contributed by atoms with Gasteiger partial charge in [-0.1, -0.05) is 36.4 Å². The predicted molar refractivity (Wildman–Crippen MR) is 115 cm³/mol. The van der Waals surface area contributed by atoms with Crippen LogP contribution in [0.15, 0.2) is 72.8 Å². The average Bonchev–Trinajstić information content (AvgIpc) is 2.73. The van der Waals surface area contributed by atoms with Gasteiger partial charge < -0.3 is 10.6 Å². The number of anilines is 1. The zero-order valence-corrected chi connectivity index (χ0v) is 16.7. The third-order valence-corrected chi connectivity index (χ3v) is 5.74. The fraction of sp³-hybridized carbons (Fsp3) is 0.200. The standard InChI is InChI=1S/C25H23FN2O2/c1-17-8-9-19(16-22(17)27-23(29)18-6-3-2-4-7-18)24(30)28-25(14-5-15-25)20-10-12-21(26)13-11-20/h2-4,6-13,16H,5,14-15H2,1H3,(H,27,29)(H,28,30). The van der Waals surface area contributed by atoms with Crippen LogP contribution in [0.4, 0.5) is 10.1 Å². The summed E-state index contributed by atoms with van der Waals surface area (Å²) in [5.41, 5.74) is 2.93. The van der Waals surface area contributed by atoms with Gasteiger partial charge in [0.15, 0.2) is 0 Å². The van der Waals surface area contributed by atoms with Gasteiger partial charge in [-0.25, -0.2) is 4.39 Å². The van der Waals surface area contributed by atoms with Crippen molar-refractivity contribution in [3.8, 4) is 0 Å². The first kappa shape index (κ1) is 19.8. The number of hydrogen-bond donors (Lipinski definition) is 2. The summed E-state index contributed by atoms with van der Waals surface area (Å²) >= 11 is 0. The molecule has 5 heteroatoms. The molecule has 0 aliphatic heterocycles.